The van der Waals surface area contributed by atoms with E-state index in [1.807, 2.05) is 0 Å². The summed E-state index contributed by atoms with van der Waals surface area (Å²) < 4.78 is 1.71. The second-order valence-electron chi connectivity index (χ2n) is 3.71. The van der Waals surface area contributed by atoms with Gasteiger partial charge >= 0.3 is 0 Å². The maximum atomic E-state index is 11.3. The van der Waals surface area contributed by atoms with Gasteiger partial charge in [0.15, 0.2) is 6.61 Å². The number of rotatable bonds is 7. The lowest BCUT2D eigenvalue weighted by Gasteiger charge is -2.04. The predicted molar refractivity (Wildman–Crippen MR) is 60.1 cm³/mol. The topological polar surface area (TPSA) is 125 Å². The number of aromatic nitrogens is 4. The summed E-state index contributed by atoms with van der Waals surface area (Å²) >= 11 is 1.21. The fraction of sp³-hybridized carbons (Fsp3) is 0.625. The molecule has 18 heavy (non-hydrogen) atoms. The Bertz CT molecular complexity index is 446. The number of hydroxylamine groups is 1. The largest absolute Gasteiger partial charge is 0.368 e. The third-order valence-corrected chi connectivity index (χ3v) is 3.02. The van der Waals surface area contributed by atoms with E-state index in [2.05, 4.69) is 25.8 Å². The van der Waals surface area contributed by atoms with Gasteiger partial charge in [-0.25, -0.2) is 10.2 Å². The number of carbonyl (C=O) groups excluding carboxylic acids is 2. The highest BCUT2D eigenvalue weighted by Gasteiger charge is 2.28. The van der Waals surface area contributed by atoms with Crippen LogP contribution in [0, 0.1) is 0 Å². The quantitative estimate of drug-likeness (QED) is 0.463. The smallest absolute Gasteiger partial charge is 0.254 e. The second-order valence-corrected chi connectivity index (χ2v) is 4.65. The third kappa shape index (κ3) is 3.67. The van der Waals surface area contributed by atoms with Gasteiger partial charge in [-0.05, 0) is 23.3 Å². The number of nitrogens with zero attached hydrogens (tertiary/aromatic N) is 4. The average Bonchev–Trinajstić information content (AvgIpc) is 3.05. The van der Waals surface area contributed by atoms with Crippen molar-refractivity contribution >= 4 is 23.6 Å². The molecule has 10 heteroatoms. The zero-order valence-electron chi connectivity index (χ0n) is 9.40. The molecule has 1 aromatic rings. The van der Waals surface area contributed by atoms with Crippen LogP contribution in [-0.2, 0) is 14.4 Å². The molecule has 0 radical (unpaired) electrons. The molecule has 1 saturated carbocycles. The van der Waals surface area contributed by atoms with E-state index >= 15 is 0 Å². The second kappa shape index (κ2) is 5.78. The van der Waals surface area contributed by atoms with Gasteiger partial charge in [0.1, 0.15) is 0 Å². The SMILES string of the molecule is NC(=O)CONC(=O)CSc1nnnn1C1CC1. The monoisotopic (exact) mass is 272 g/mol. The average molecular weight is 272 g/mol. The van der Waals surface area contributed by atoms with Gasteiger partial charge in [-0.15, -0.1) is 5.10 Å². The number of nitrogens with one attached hydrogen (secondary N) is 1. The molecule has 0 aliphatic heterocycles. The van der Waals surface area contributed by atoms with Crippen molar-refractivity contribution in [3.63, 3.8) is 0 Å². The van der Waals surface area contributed by atoms with E-state index < -0.39 is 5.91 Å². The molecule has 1 heterocycles. The normalized spacial score (nSPS) is 14.4. The number of hydrogen-bond donors (Lipinski definition) is 2. The molecule has 0 spiro atoms. The summed E-state index contributed by atoms with van der Waals surface area (Å²) in [6, 6.07) is 0.358. The van der Waals surface area contributed by atoms with Gasteiger partial charge in [0.05, 0.1) is 11.8 Å². The zero-order chi connectivity index (χ0) is 13.0. The molecule has 0 aromatic carbocycles. The number of amides is 2. The summed E-state index contributed by atoms with van der Waals surface area (Å²) in [5, 5.41) is 11.8. The van der Waals surface area contributed by atoms with Crippen molar-refractivity contribution < 1.29 is 14.4 Å². The summed E-state index contributed by atoms with van der Waals surface area (Å²) in [4.78, 5) is 26.3. The highest BCUT2D eigenvalue weighted by atomic mass is 32.2. The number of thioether (sulfide) groups is 1. The summed E-state index contributed by atoms with van der Waals surface area (Å²) in [6.45, 7) is -0.351. The van der Waals surface area contributed by atoms with Crippen LogP contribution in [0.3, 0.4) is 0 Å². The van der Waals surface area contributed by atoms with E-state index in [4.69, 9.17) is 5.73 Å². The molecular weight excluding hydrogens is 260 g/mol. The van der Waals surface area contributed by atoms with E-state index in [0.717, 1.165) is 12.8 Å². The van der Waals surface area contributed by atoms with Gasteiger partial charge in [0.2, 0.25) is 11.1 Å². The minimum atomic E-state index is -0.652. The molecule has 0 saturated heterocycles. The van der Waals surface area contributed by atoms with Crippen molar-refractivity contribution in [1.82, 2.24) is 25.7 Å². The molecule has 0 atom stereocenters. The Kier molecular flexibility index (Phi) is 4.10. The van der Waals surface area contributed by atoms with E-state index in [1.54, 1.807) is 4.68 Å². The maximum Gasteiger partial charge on any atom is 0.254 e. The Hall–Kier alpha value is -1.68. The Balaban J connectivity index is 1.71. The lowest BCUT2D eigenvalue weighted by molar-refractivity contribution is -0.135. The highest BCUT2D eigenvalue weighted by molar-refractivity contribution is 7.99. The molecule has 9 nitrogen and oxygen atoms in total. The highest BCUT2D eigenvalue weighted by Crippen LogP contribution is 2.36. The number of tetrazole rings is 1. The summed E-state index contributed by atoms with van der Waals surface area (Å²) in [5.74, 6) is -0.932. The van der Waals surface area contributed by atoms with Crippen molar-refractivity contribution in [3.8, 4) is 0 Å². The minimum absolute atomic E-state index is 0.103. The molecule has 2 rings (SSSR count). The van der Waals surface area contributed by atoms with Crippen molar-refractivity contribution in [3.05, 3.63) is 0 Å². The van der Waals surface area contributed by atoms with Gasteiger partial charge in [0.25, 0.3) is 5.91 Å². The predicted octanol–water partition coefficient (Wildman–Crippen LogP) is -1.37. The first-order valence-electron chi connectivity index (χ1n) is 5.26. The zero-order valence-corrected chi connectivity index (χ0v) is 10.2. The molecule has 1 aliphatic carbocycles. The summed E-state index contributed by atoms with van der Waals surface area (Å²) in [6.07, 6.45) is 2.12. The van der Waals surface area contributed by atoms with Crippen LogP contribution < -0.4 is 11.2 Å². The van der Waals surface area contributed by atoms with Crippen molar-refractivity contribution in [2.75, 3.05) is 12.4 Å². The van der Waals surface area contributed by atoms with Crippen LogP contribution >= 0.6 is 11.8 Å². The van der Waals surface area contributed by atoms with Crippen LogP contribution in [0.4, 0.5) is 0 Å². The molecule has 98 valence electrons. The van der Waals surface area contributed by atoms with E-state index in [1.165, 1.54) is 11.8 Å². The Morgan fingerprint density at radius 3 is 3.00 bits per heavy atom. The maximum absolute atomic E-state index is 11.3. The van der Waals surface area contributed by atoms with Gasteiger partial charge < -0.3 is 5.73 Å². The molecule has 2 amide bonds. The van der Waals surface area contributed by atoms with E-state index in [9.17, 15) is 9.59 Å². The first-order chi connectivity index (χ1) is 8.66. The Morgan fingerprint density at radius 1 is 1.56 bits per heavy atom. The van der Waals surface area contributed by atoms with Gasteiger partial charge in [-0.2, -0.15) is 0 Å². The lowest BCUT2D eigenvalue weighted by Crippen LogP contribution is -2.30. The fourth-order valence-corrected chi connectivity index (χ4v) is 1.91. The molecule has 0 unspecified atom stereocenters. The lowest BCUT2D eigenvalue weighted by atomic mass is 10.7. The van der Waals surface area contributed by atoms with Crippen molar-refractivity contribution in [1.29, 1.82) is 0 Å². The van der Waals surface area contributed by atoms with Crippen LogP contribution in [0.2, 0.25) is 0 Å². The van der Waals surface area contributed by atoms with Gasteiger partial charge in [-0.1, -0.05) is 11.8 Å². The van der Waals surface area contributed by atoms with Crippen molar-refractivity contribution in [2.24, 2.45) is 5.73 Å². The van der Waals surface area contributed by atoms with Crippen LogP contribution in [0.1, 0.15) is 18.9 Å². The minimum Gasteiger partial charge on any atom is -0.368 e. The molecule has 1 aromatic heterocycles. The number of nitrogens with two attached hydrogens (primary N) is 1. The third-order valence-electron chi connectivity index (χ3n) is 2.09. The number of primary amides is 1. The van der Waals surface area contributed by atoms with Gasteiger partial charge in [0, 0.05) is 0 Å². The van der Waals surface area contributed by atoms with Gasteiger partial charge in [-0.3, -0.25) is 14.4 Å². The van der Waals surface area contributed by atoms with Crippen molar-refractivity contribution in [2.45, 2.75) is 24.0 Å². The van der Waals surface area contributed by atoms with Crippen LogP contribution in [0.15, 0.2) is 5.16 Å². The molecular formula is C8H12N6O3S. The first-order valence-corrected chi connectivity index (χ1v) is 6.25. The molecule has 1 fully saturated rings. The van der Waals surface area contributed by atoms with E-state index in [-0.39, 0.29) is 18.3 Å². The molecule has 3 N–H and O–H groups in total. The molecule has 0 bridgehead atoms. The number of carbonyl (C=O) groups is 2. The summed E-state index contributed by atoms with van der Waals surface area (Å²) in [7, 11) is 0. The molecule has 1 aliphatic rings. The fourth-order valence-electron chi connectivity index (χ4n) is 1.18. The van der Waals surface area contributed by atoms with Crippen LogP contribution in [0.5, 0.6) is 0 Å². The first kappa shape index (κ1) is 12.8. The van der Waals surface area contributed by atoms with E-state index in [0.29, 0.717) is 11.2 Å². The summed E-state index contributed by atoms with van der Waals surface area (Å²) in [5.41, 5.74) is 6.94. The number of hydrogen-bond acceptors (Lipinski definition) is 7. The Morgan fingerprint density at radius 2 is 2.33 bits per heavy atom. The Labute approximate surface area is 106 Å². The standard InChI is InChI=1S/C8H12N6O3S/c9-6(15)3-17-11-7(16)4-18-8-10-12-13-14(8)5-1-2-5/h5H,1-4H2,(H2,9,15)(H,11,16). The van der Waals surface area contributed by atoms with Crippen LogP contribution in [-0.4, -0.2) is 44.4 Å². The van der Waals surface area contributed by atoms with Crippen LogP contribution in [0.25, 0.3) is 0 Å².